The lowest BCUT2D eigenvalue weighted by Crippen LogP contribution is -3.14. The number of benzene rings is 1. The standard InChI is InChI=1S/C18H28N4O3/c1-5-21-8-10-22(11-9-21)18(24)13(2)19-16-12-15(20-14(3)23)6-7-17(16)25-4/h6-7,12-13,19H,5,8-11H2,1-4H3,(H,20,23)/p+1/t13-/m0/s1. The second-order valence-corrected chi connectivity index (χ2v) is 6.39. The number of piperazine rings is 1. The van der Waals surface area contributed by atoms with Gasteiger partial charge in [-0.25, -0.2) is 0 Å². The predicted octanol–water partition coefficient (Wildman–Crippen LogP) is 0.201. The molecule has 1 atom stereocenters. The molecule has 25 heavy (non-hydrogen) atoms. The molecule has 3 N–H and O–H groups in total. The maximum absolute atomic E-state index is 12.7. The summed E-state index contributed by atoms with van der Waals surface area (Å²) in [7, 11) is 1.58. The summed E-state index contributed by atoms with van der Waals surface area (Å²) >= 11 is 0. The number of rotatable bonds is 6. The molecule has 138 valence electrons. The van der Waals surface area contributed by atoms with Crippen LogP contribution in [0.2, 0.25) is 0 Å². The Labute approximate surface area is 149 Å². The van der Waals surface area contributed by atoms with Crippen LogP contribution in [0, 0.1) is 0 Å². The van der Waals surface area contributed by atoms with E-state index in [1.807, 2.05) is 11.8 Å². The average molecular weight is 349 g/mol. The Morgan fingerprint density at radius 3 is 2.56 bits per heavy atom. The lowest BCUT2D eigenvalue weighted by molar-refractivity contribution is -0.902. The van der Waals surface area contributed by atoms with Crippen molar-refractivity contribution in [3.8, 4) is 5.75 Å². The first-order chi connectivity index (χ1) is 11.9. The molecule has 1 aliphatic rings. The van der Waals surface area contributed by atoms with E-state index in [0.29, 0.717) is 17.1 Å². The number of hydrogen-bond acceptors (Lipinski definition) is 4. The van der Waals surface area contributed by atoms with Gasteiger partial charge in [-0.05, 0) is 32.0 Å². The van der Waals surface area contributed by atoms with Gasteiger partial charge in [-0.15, -0.1) is 0 Å². The minimum Gasteiger partial charge on any atom is -0.495 e. The van der Waals surface area contributed by atoms with E-state index >= 15 is 0 Å². The van der Waals surface area contributed by atoms with Gasteiger partial charge in [0.2, 0.25) is 11.8 Å². The second-order valence-electron chi connectivity index (χ2n) is 6.39. The van der Waals surface area contributed by atoms with E-state index in [-0.39, 0.29) is 17.9 Å². The number of nitrogens with zero attached hydrogens (tertiary/aromatic N) is 1. The van der Waals surface area contributed by atoms with Crippen LogP contribution in [0.25, 0.3) is 0 Å². The summed E-state index contributed by atoms with van der Waals surface area (Å²) < 4.78 is 5.36. The highest BCUT2D eigenvalue weighted by atomic mass is 16.5. The number of anilines is 2. The van der Waals surface area contributed by atoms with Crippen LogP contribution in [0.5, 0.6) is 5.75 Å². The molecular formula is C18H29N4O3+. The minimum absolute atomic E-state index is 0.0853. The van der Waals surface area contributed by atoms with Gasteiger partial charge < -0.3 is 25.2 Å². The maximum atomic E-state index is 12.7. The Hall–Kier alpha value is -2.28. The summed E-state index contributed by atoms with van der Waals surface area (Å²) in [5.74, 6) is 0.577. The van der Waals surface area contributed by atoms with Crippen molar-refractivity contribution in [3.63, 3.8) is 0 Å². The number of carbonyl (C=O) groups is 2. The Kier molecular flexibility index (Phi) is 6.64. The van der Waals surface area contributed by atoms with Crippen LogP contribution in [-0.4, -0.2) is 62.6 Å². The Morgan fingerprint density at radius 2 is 2.00 bits per heavy atom. The van der Waals surface area contributed by atoms with Gasteiger partial charge in [0.1, 0.15) is 11.8 Å². The van der Waals surface area contributed by atoms with Crippen LogP contribution >= 0.6 is 0 Å². The Bertz CT molecular complexity index is 612. The first-order valence-corrected chi connectivity index (χ1v) is 8.79. The lowest BCUT2D eigenvalue weighted by Gasteiger charge is -2.33. The van der Waals surface area contributed by atoms with Crippen LogP contribution in [0.4, 0.5) is 11.4 Å². The number of nitrogens with one attached hydrogen (secondary N) is 3. The van der Waals surface area contributed by atoms with Crippen LogP contribution in [-0.2, 0) is 9.59 Å². The van der Waals surface area contributed by atoms with Crippen molar-refractivity contribution in [3.05, 3.63) is 18.2 Å². The molecule has 1 saturated heterocycles. The predicted molar refractivity (Wildman–Crippen MR) is 98.2 cm³/mol. The molecule has 1 aromatic carbocycles. The third kappa shape index (κ3) is 5.09. The molecule has 7 nitrogen and oxygen atoms in total. The number of ether oxygens (including phenoxy) is 1. The van der Waals surface area contributed by atoms with Gasteiger partial charge in [0.25, 0.3) is 0 Å². The molecule has 7 heteroatoms. The molecule has 0 radical (unpaired) electrons. The number of likely N-dealkylation sites (N-methyl/N-ethyl adjacent to an activating group) is 1. The van der Waals surface area contributed by atoms with E-state index in [2.05, 4.69) is 17.6 Å². The maximum Gasteiger partial charge on any atom is 0.245 e. The van der Waals surface area contributed by atoms with E-state index in [9.17, 15) is 9.59 Å². The number of carbonyl (C=O) groups excluding carboxylic acids is 2. The number of methoxy groups -OCH3 is 1. The largest absolute Gasteiger partial charge is 0.495 e. The van der Waals surface area contributed by atoms with E-state index in [0.717, 1.165) is 32.7 Å². The fourth-order valence-corrected chi connectivity index (χ4v) is 3.07. The molecule has 0 bridgehead atoms. The topological polar surface area (TPSA) is 75.1 Å². The molecule has 2 amide bonds. The SMILES string of the molecule is CC[NH+]1CCN(C(=O)[C@H](C)Nc2cc(NC(C)=O)ccc2OC)CC1. The van der Waals surface area contributed by atoms with Gasteiger partial charge in [0.05, 0.1) is 45.5 Å². The van der Waals surface area contributed by atoms with Gasteiger partial charge >= 0.3 is 0 Å². The summed E-state index contributed by atoms with van der Waals surface area (Å²) in [4.78, 5) is 27.4. The van der Waals surface area contributed by atoms with Crippen LogP contribution < -0.4 is 20.3 Å². The molecule has 0 aromatic heterocycles. The normalized spacial score (nSPS) is 16.2. The van der Waals surface area contributed by atoms with Crippen molar-refractivity contribution in [2.75, 3.05) is 50.5 Å². The van der Waals surface area contributed by atoms with Crippen LogP contribution in [0.3, 0.4) is 0 Å². The zero-order chi connectivity index (χ0) is 18.4. The third-order valence-electron chi connectivity index (χ3n) is 4.54. The quantitative estimate of drug-likeness (QED) is 0.686. The summed E-state index contributed by atoms with van der Waals surface area (Å²) in [6.45, 7) is 10.2. The first-order valence-electron chi connectivity index (χ1n) is 8.79. The van der Waals surface area contributed by atoms with E-state index in [1.165, 1.54) is 11.8 Å². The number of hydrogen-bond donors (Lipinski definition) is 3. The summed E-state index contributed by atoms with van der Waals surface area (Å²) in [5.41, 5.74) is 1.35. The zero-order valence-corrected chi connectivity index (χ0v) is 15.5. The smallest absolute Gasteiger partial charge is 0.245 e. The van der Waals surface area contributed by atoms with Gasteiger partial charge in [0.15, 0.2) is 0 Å². The molecule has 1 fully saturated rings. The highest BCUT2D eigenvalue weighted by Gasteiger charge is 2.26. The average Bonchev–Trinajstić information content (AvgIpc) is 2.61. The van der Waals surface area contributed by atoms with Crippen molar-refractivity contribution < 1.29 is 19.2 Å². The van der Waals surface area contributed by atoms with E-state index in [1.54, 1.807) is 25.3 Å². The van der Waals surface area contributed by atoms with Crippen molar-refractivity contribution >= 4 is 23.2 Å². The third-order valence-corrected chi connectivity index (χ3v) is 4.54. The lowest BCUT2D eigenvalue weighted by atomic mass is 10.2. The van der Waals surface area contributed by atoms with Crippen molar-refractivity contribution in [1.29, 1.82) is 0 Å². The van der Waals surface area contributed by atoms with Gasteiger partial charge in [0, 0.05) is 12.6 Å². The molecule has 1 aromatic rings. The molecule has 0 saturated carbocycles. The van der Waals surface area contributed by atoms with Crippen molar-refractivity contribution in [1.82, 2.24) is 4.90 Å². The van der Waals surface area contributed by atoms with Crippen LogP contribution in [0.1, 0.15) is 20.8 Å². The molecule has 1 heterocycles. The molecule has 2 rings (SSSR count). The molecule has 1 aliphatic heterocycles. The molecule has 0 unspecified atom stereocenters. The van der Waals surface area contributed by atoms with Gasteiger partial charge in [-0.3, -0.25) is 9.59 Å². The van der Waals surface area contributed by atoms with Gasteiger partial charge in [-0.2, -0.15) is 0 Å². The Balaban J connectivity index is 2.04. The summed E-state index contributed by atoms with van der Waals surface area (Å²) in [5, 5.41) is 5.96. The van der Waals surface area contributed by atoms with E-state index in [4.69, 9.17) is 4.74 Å². The zero-order valence-electron chi connectivity index (χ0n) is 15.5. The fraction of sp³-hybridized carbons (Fsp3) is 0.556. The molecular weight excluding hydrogens is 320 g/mol. The first kappa shape index (κ1) is 19.1. The van der Waals surface area contributed by atoms with E-state index < -0.39 is 0 Å². The van der Waals surface area contributed by atoms with Crippen LogP contribution in [0.15, 0.2) is 18.2 Å². The summed E-state index contributed by atoms with van der Waals surface area (Å²) in [6.07, 6.45) is 0. The highest BCUT2D eigenvalue weighted by Crippen LogP contribution is 2.28. The monoisotopic (exact) mass is 349 g/mol. The number of amides is 2. The minimum atomic E-state index is -0.371. The number of quaternary nitrogens is 1. The van der Waals surface area contributed by atoms with Gasteiger partial charge in [-0.1, -0.05) is 0 Å². The summed E-state index contributed by atoms with van der Waals surface area (Å²) in [6, 6.07) is 4.95. The Morgan fingerprint density at radius 1 is 1.32 bits per heavy atom. The molecule has 0 spiro atoms. The molecule has 0 aliphatic carbocycles. The van der Waals surface area contributed by atoms with Crippen molar-refractivity contribution in [2.45, 2.75) is 26.8 Å². The second kappa shape index (κ2) is 8.71. The highest BCUT2D eigenvalue weighted by molar-refractivity contribution is 5.90. The van der Waals surface area contributed by atoms with Crippen molar-refractivity contribution in [2.24, 2.45) is 0 Å². The fourth-order valence-electron chi connectivity index (χ4n) is 3.07.